The largest absolute Gasteiger partial charge is 0.475 e. The third-order valence-electron chi connectivity index (χ3n) is 6.80. The van der Waals surface area contributed by atoms with E-state index < -0.39 is 5.41 Å². The topological polar surface area (TPSA) is 114 Å². The lowest BCUT2D eigenvalue weighted by Gasteiger charge is -2.30. The van der Waals surface area contributed by atoms with Gasteiger partial charge in [-0.15, -0.1) is 5.10 Å². The lowest BCUT2D eigenvalue weighted by molar-refractivity contribution is 0.0181. The molecule has 9 nitrogen and oxygen atoms in total. The molecular weight excluding hydrogens is 468 g/mol. The summed E-state index contributed by atoms with van der Waals surface area (Å²) in [7, 11) is 1.73. The molecule has 1 aliphatic carbocycles. The van der Waals surface area contributed by atoms with Crippen LogP contribution in [-0.4, -0.2) is 67.3 Å². The quantitative estimate of drug-likeness (QED) is 0.469. The second-order valence-electron chi connectivity index (χ2n) is 9.26. The van der Waals surface area contributed by atoms with Gasteiger partial charge in [0.1, 0.15) is 12.4 Å². The summed E-state index contributed by atoms with van der Waals surface area (Å²) in [5, 5.41) is 25.5. The predicted molar refractivity (Wildman–Crippen MR) is 133 cm³/mol. The molecule has 2 aliphatic rings. The first-order chi connectivity index (χ1) is 17.1. The molecule has 0 spiro atoms. The number of rotatable bonds is 10. The molecule has 2 aromatic rings. The number of pyridine rings is 1. The molecule has 2 fully saturated rings. The van der Waals surface area contributed by atoms with Gasteiger partial charge in [-0.1, -0.05) is 11.6 Å². The van der Waals surface area contributed by atoms with Gasteiger partial charge in [-0.2, -0.15) is 10.4 Å². The summed E-state index contributed by atoms with van der Waals surface area (Å²) in [6.07, 6.45) is 8.99. The molecule has 0 aromatic carbocycles. The molecule has 0 bridgehead atoms. The summed E-state index contributed by atoms with van der Waals surface area (Å²) in [4.78, 5) is 4.49. The number of anilines is 1. The Bertz CT molecular complexity index is 1000. The predicted octanol–water partition coefficient (Wildman–Crippen LogP) is 3.85. The van der Waals surface area contributed by atoms with Crippen LogP contribution in [0.25, 0.3) is 11.1 Å². The van der Waals surface area contributed by atoms with Crippen LogP contribution in [0.1, 0.15) is 38.5 Å². The second kappa shape index (κ2) is 12.5. The minimum Gasteiger partial charge on any atom is -0.475 e. The summed E-state index contributed by atoms with van der Waals surface area (Å²) < 4.78 is 16.4. The van der Waals surface area contributed by atoms with E-state index in [9.17, 15) is 5.26 Å². The van der Waals surface area contributed by atoms with E-state index in [0.29, 0.717) is 49.0 Å². The van der Waals surface area contributed by atoms with Gasteiger partial charge in [0.05, 0.1) is 29.3 Å². The third kappa shape index (κ3) is 7.01. The highest BCUT2D eigenvalue weighted by Gasteiger charge is 2.34. The standard InChI is InChI=1S/C25H33ClN6O3/c1-33-11-8-28-19-2-4-20(5-3-19)31-23-13-21(22(26)15-29-23)18-12-24(32-30-14-18)35-17-25(16-27)6-9-34-10-7-25/h12-15,19-20,28H,2-11,17H2,1H3,(H,29,31). The van der Waals surface area contributed by atoms with Crippen molar-refractivity contribution in [2.45, 2.75) is 50.6 Å². The molecule has 0 radical (unpaired) electrons. The van der Waals surface area contributed by atoms with Gasteiger partial charge in [0, 0.05) is 62.3 Å². The van der Waals surface area contributed by atoms with Crippen LogP contribution in [0, 0.1) is 16.7 Å². The second-order valence-corrected chi connectivity index (χ2v) is 9.67. The molecule has 0 atom stereocenters. The first-order valence-electron chi connectivity index (χ1n) is 12.2. The van der Waals surface area contributed by atoms with Crippen molar-refractivity contribution in [2.75, 3.05) is 45.4 Å². The van der Waals surface area contributed by atoms with Crippen molar-refractivity contribution in [3.8, 4) is 23.1 Å². The zero-order valence-corrected chi connectivity index (χ0v) is 20.9. The number of hydrogen-bond acceptors (Lipinski definition) is 9. The summed E-state index contributed by atoms with van der Waals surface area (Å²) in [5.74, 6) is 1.15. The van der Waals surface area contributed by atoms with Crippen LogP contribution in [0.5, 0.6) is 5.88 Å². The molecule has 1 saturated carbocycles. The Kier molecular flexibility index (Phi) is 9.10. The van der Waals surface area contributed by atoms with Gasteiger partial charge in [-0.25, -0.2) is 4.98 Å². The van der Waals surface area contributed by atoms with Crippen LogP contribution in [-0.2, 0) is 9.47 Å². The highest BCUT2D eigenvalue weighted by atomic mass is 35.5. The van der Waals surface area contributed by atoms with E-state index in [1.807, 2.05) is 6.07 Å². The number of methoxy groups -OCH3 is 1. The maximum atomic E-state index is 9.66. The number of hydrogen-bond donors (Lipinski definition) is 2. The molecule has 188 valence electrons. The lowest BCUT2D eigenvalue weighted by atomic mass is 9.83. The van der Waals surface area contributed by atoms with Crippen molar-refractivity contribution in [1.29, 1.82) is 5.26 Å². The first kappa shape index (κ1) is 25.6. The highest BCUT2D eigenvalue weighted by molar-refractivity contribution is 6.33. The fraction of sp³-hybridized carbons (Fsp3) is 0.600. The molecule has 35 heavy (non-hydrogen) atoms. The van der Waals surface area contributed by atoms with Gasteiger partial charge in [-0.3, -0.25) is 0 Å². The zero-order chi connectivity index (χ0) is 24.5. The average molecular weight is 501 g/mol. The smallest absolute Gasteiger partial charge is 0.234 e. The monoisotopic (exact) mass is 500 g/mol. The Hall–Kier alpha value is -2.51. The number of aromatic nitrogens is 3. The fourth-order valence-corrected chi connectivity index (χ4v) is 4.80. The van der Waals surface area contributed by atoms with E-state index in [1.54, 1.807) is 25.6 Å². The highest BCUT2D eigenvalue weighted by Crippen LogP contribution is 2.33. The minimum absolute atomic E-state index is 0.255. The maximum Gasteiger partial charge on any atom is 0.234 e. The molecule has 10 heteroatoms. The summed E-state index contributed by atoms with van der Waals surface area (Å²) in [6.45, 7) is 3.01. The van der Waals surface area contributed by atoms with Crippen LogP contribution in [0.2, 0.25) is 5.02 Å². The van der Waals surface area contributed by atoms with E-state index in [0.717, 1.165) is 55.8 Å². The van der Waals surface area contributed by atoms with E-state index in [4.69, 9.17) is 25.8 Å². The van der Waals surface area contributed by atoms with E-state index in [-0.39, 0.29) is 6.61 Å². The van der Waals surface area contributed by atoms with Gasteiger partial charge in [0.15, 0.2) is 0 Å². The van der Waals surface area contributed by atoms with Gasteiger partial charge < -0.3 is 24.8 Å². The van der Waals surface area contributed by atoms with Gasteiger partial charge >= 0.3 is 0 Å². The van der Waals surface area contributed by atoms with Crippen LogP contribution in [0.3, 0.4) is 0 Å². The molecule has 1 saturated heterocycles. The molecule has 2 aromatic heterocycles. The van der Waals surface area contributed by atoms with Crippen molar-refractivity contribution in [2.24, 2.45) is 5.41 Å². The number of nitriles is 1. The molecule has 4 rings (SSSR count). The van der Waals surface area contributed by atoms with Gasteiger partial charge in [-0.05, 0) is 44.6 Å². The zero-order valence-electron chi connectivity index (χ0n) is 20.1. The van der Waals surface area contributed by atoms with Crippen LogP contribution in [0.15, 0.2) is 24.5 Å². The number of halogens is 1. The molecule has 3 heterocycles. The Balaban J connectivity index is 1.38. The Morgan fingerprint density at radius 3 is 2.69 bits per heavy atom. The van der Waals surface area contributed by atoms with Crippen LogP contribution in [0.4, 0.5) is 5.82 Å². The third-order valence-corrected chi connectivity index (χ3v) is 7.10. The number of nitrogens with zero attached hydrogens (tertiary/aromatic N) is 4. The van der Waals surface area contributed by atoms with Crippen molar-refractivity contribution < 1.29 is 14.2 Å². The maximum absolute atomic E-state index is 9.66. The number of nitrogens with one attached hydrogen (secondary N) is 2. The van der Waals surface area contributed by atoms with E-state index in [2.05, 4.69) is 31.9 Å². The Morgan fingerprint density at radius 2 is 1.94 bits per heavy atom. The minimum atomic E-state index is -0.556. The summed E-state index contributed by atoms with van der Waals surface area (Å²) in [6, 6.07) is 7.06. The van der Waals surface area contributed by atoms with Crippen molar-refractivity contribution in [1.82, 2.24) is 20.5 Å². The van der Waals surface area contributed by atoms with Crippen LogP contribution < -0.4 is 15.4 Å². The van der Waals surface area contributed by atoms with Gasteiger partial charge in [0.2, 0.25) is 5.88 Å². The molecule has 2 N–H and O–H groups in total. The van der Waals surface area contributed by atoms with E-state index >= 15 is 0 Å². The molecule has 0 amide bonds. The molecule has 0 unspecified atom stereocenters. The average Bonchev–Trinajstić information content (AvgIpc) is 2.90. The first-order valence-corrected chi connectivity index (χ1v) is 12.6. The molecular formula is C25H33ClN6O3. The Morgan fingerprint density at radius 1 is 1.17 bits per heavy atom. The lowest BCUT2D eigenvalue weighted by Crippen LogP contribution is -2.38. The summed E-state index contributed by atoms with van der Waals surface area (Å²) in [5.41, 5.74) is 1.04. The SMILES string of the molecule is COCCNC1CCC(Nc2cc(-c3cnnc(OCC4(C#N)CCOCC4)c3)c(Cl)cn2)CC1. The van der Waals surface area contributed by atoms with E-state index in [1.165, 1.54) is 0 Å². The van der Waals surface area contributed by atoms with Crippen molar-refractivity contribution in [3.05, 3.63) is 29.5 Å². The number of ether oxygens (including phenoxy) is 3. The molecule has 1 aliphatic heterocycles. The summed E-state index contributed by atoms with van der Waals surface area (Å²) >= 11 is 6.49. The normalized spacial score (nSPS) is 21.7. The van der Waals surface area contributed by atoms with Gasteiger partial charge in [0.25, 0.3) is 0 Å². The van der Waals surface area contributed by atoms with Crippen molar-refractivity contribution >= 4 is 17.4 Å². The fourth-order valence-electron chi connectivity index (χ4n) is 4.58. The van der Waals surface area contributed by atoms with Crippen LogP contribution >= 0.6 is 11.6 Å². The van der Waals surface area contributed by atoms with Crippen molar-refractivity contribution in [3.63, 3.8) is 0 Å². The Labute approximate surface area is 211 Å².